The van der Waals surface area contributed by atoms with Crippen LogP contribution < -0.4 is 15.8 Å². The van der Waals surface area contributed by atoms with Crippen LogP contribution >= 0.6 is 0 Å². The topological polar surface area (TPSA) is 81.4 Å². The van der Waals surface area contributed by atoms with E-state index in [0.29, 0.717) is 11.3 Å². The van der Waals surface area contributed by atoms with Gasteiger partial charge in [0.1, 0.15) is 5.75 Å². The molecule has 1 unspecified atom stereocenters. The van der Waals surface area contributed by atoms with Crippen molar-refractivity contribution in [2.75, 3.05) is 5.32 Å². The van der Waals surface area contributed by atoms with Gasteiger partial charge in [-0.15, -0.1) is 0 Å². The van der Waals surface area contributed by atoms with Crippen LogP contribution in [-0.2, 0) is 4.79 Å². The van der Waals surface area contributed by atoms with E-state index < -0.39 is 12.0 Å². The molecule has 0 aliphatic carbocycles. The Labute approximate surface area is 135 Å². The highest BCUT2D eigenvalue weighted by Crippen LogP contribution is 2.18. The Kier molecular flexibility index (Phi) is 5.01. The first kappa shape index (κ1) is 16.5. The second-order valence-corrected chi connectivity index (χ2v) is 5.46. The van der Waals surface area contributed by atoms with Gasteiger partial charge in [0, 0.05) is 11.3 Å². The molecule has 0 saturated carbocycles. The van der Waals surface area contributed by atoms with Crippen molar-refractivity contribution >= 4 is 17.5 Å². The first-order chi connectivity index (χ1) is 10.9. The van der Waals surface area contributed by atoms with E-state index in [0.717, 1.165) is 16.8 Å². The standard InChI is InChI=1S/C18H20N2O3/c1-11-4-9-16(12(2)10-11)20-18(22)13(3)23-15-7-5-14(6-8-15)17(19)21/h4-10,13H,1-3H3,(H2,19,21)(H,20,22). The number of ether oxygens (including phenoxy) is 1. The van der Waals surface area contributed by atoms with Gasteiger partial charge >= 0.3 is 0 Å². The molecule has 2 amide bonds. The van der Waals surface area contributed by atoms with E-state index in [1.54, 1.807) is 31.2 Å². The number of benzene rings is 2. The molecule has 23 heavy (non-hydrogen) atoms. The molecule has 3 N–H and O–H groups in total. The van der Waals surface area contributed by atoms with E-state index >= 15 is 0 Å². The minimum atomic E-state index is -0.671. The molecular weight excluding hydrogens is 292 g/mol. The molecule has 0 aliphatic rings. The number of rotatable bonds is 5. The van der Waals surface area contributed by atoms with Crippen molar-refractivity contribution in [1.29, 1.82) is 0 Å². The highest BCUT2D eigenvalue weighted by molar-refractivity contribution is 5.95. The fourth-order valence-electron chi connectivity index (χ4n) is 2.14. The van der Waals surface area contributed by atoms with Crippen LogP contribution in [0.3, 0.4) is 0 Å². The molecule has 0 bridgehead atoms. The zero-order valence-corrected chi connectivity index (χ0v) is 13.4. The lowest BCUT2D eigenvalue weighted by atomic mass is 10.1. The van der Waals surface area contributed by atoms with Crippen LogP contribution in [0.25, 0.3) is 0 Å². The van der Waals surface area contributed by atoms with Gasteiger partial charge in [-0.25, -0.2) is 0 Å². The summed E-state index contributed by atoms with van der Waals surface area (Å²) in [5.74, 6) is -0.244. The Balaban J connectivity index is 2.00. The van der Waals surface area contributed by atoms with Gasteiger partial charge in [-0.2, -0.15) is 0 Å². The maximum Gasteiger partial charge on any atom is 0.265 e. The lowest BCUT2D eigenvalue weighted by Crippen LogP contribution is -2.30. The highest BCUT2D eigenvalue weighted by Gasteiger charge is 2.16. The van der Waals surface area contributed by atoms with Crippen LogP contribution in [0.4, 0.5) is 5.69 Å². The summed E-state index contributed by atoms with van der Waals surface area (Å²) in [5, 5.41) is 2.85. The summed E-state index contributed by atoms with van der Waals surface area (Å²) in [7, 11) is 0. The Morgan fingerprint density at radius 3 is 2.30 bits per heavy atom. The van der Waals surface area contributed by atoms with Crippen LogP contribution in [0, 0.1) is 13.8 Å². The van der Waals surface area contributed by atoms with E-state index in [9.17, 15) is 9.59 Å². The molecule has 2 aromatic carbocycles. The van der Waals surface area contributed by atoms with Crippen molar-refractivity contribution in [2.45, 2.75) is 26.9 Å². The molecular formula is C18H20N2O3. The molecule has 5 nitrogen and oxygen atoms in total. The van der Waals surface area contributed by atoms with Gasteiger partial charge in [0.2, 0.25) is 5.91 Å². The predicted octanol–water partition coefficient (Wildman–Crippen LogP) is 2.81. The molecule has 5 heteroatoms. The summed E-state index contributed by atoms with van der Waals surface area (Å²) >= 11 is 0. The zero-order chi connectivity index (χ0) is 17.0. The van der Waals surface area contributed by atoms with E-state index in [4.69, 9.17) is 10.5 Å². The van der Waals surface area contributed by atoms with Crippen molar-refractivity contribution < 1.29 is 14.3 Å². The first-order valence-electron chi connectivity index (χ1n) is 7.31. The number of aryl methyl sites for hydroxylation is 2. The summed E-state index contributed by atoms with van der Waals surface area (Å²) in [5.41, 5.74) is 8.47. The molecule has 0 aliphatic heterocycles. The predicted molar refractivity (Wildman–Crippen MR) is 89.6 cm³/mol. The van der Waals surface area contributed by atoms with E-state index in [1.165, 1.54) is 0 Å². The third kappa shape index (κ3) is 4.32. The number of anilines is 1. The lowest BCUT2D eigenvalue weighted by Gasteiger charge is -2.16. The summed E-state index contributed by atoms with van der Waals surface area (Å²) < 4.78 is 5.58. The van der Waals surface area contributed by atoms with Gasteiger partial charge in [0.05, 0.1) is 0 Å². The van der Waals surface area contributed by atoms with Crippen molar-refractivity contribution in [3.8, 4) is 5.75 Å². The molecule has 2 aromatic rings. The molecule has 2 rings (SSSR count). The van der Waals surface area contributed by atoms with Crippen molar-refractivity contribution in [3.05, 3.63) is 59.2 Å². The SMILES string of the molecule is Cc1ccc(NC(=O)C(C)Oc2ccc(C(N)=O)cc2)c(C)c1. The average Bonchev–Trinajstić information content (AvgIpc) is 2.50. The second-order valence-electron chi connectivity index (χ2n) is 5.46. The maximum atomic E-state index is 12.2. The van der Waals surface area contributed by atoms with E-state index in [1.807, 2.05) is 32.0 Å². The molecule has 1 atom stereocenters. The van der Waals surface area contributed by atoms with Gasteiger partial charge in [-0.3, -0.25) is 9.59 Å². The van der Waals surface area contributed by atoms with Gasteiger partial charge in [-0.05, 0) is 56.7 Å². The molecule has 0 fully saturated rings. The molecule has 0 aromatic heterocycles. The van der Waals surface area contributed by atoms with E-state index in [-0.39, 0.29) is 5.91 Å². The van der Waals surface area contributed by atoms with Crippen LogP contribution in [0.15, 0.2) is 42.5 Å². The highest BCUT2D eigenvalue weighted by atomic mass is 16.5. The van der Waals surface area contributed by atoms with Crippen molar-refractivity contribution in [2.24, 2.45) is 5.73 Å². The minimum Gasteiger partial charge on any atom is -0.481 e. The molecule has 120 valence electrons. The Morgan fingerprint density at radius 1 is 1.09 bits per heavy atom. The number of primary amides is 1. The number of nitrogens with one attached hydrogen (secondary N) is 1. The van der Waals surface area contributed by atoms with Crippen LogP contribution in [0.5, 0.6) is 5.75 Å². The zero-order valence-electron chi connectivity index (χ0n) is 13.4. The molecule has 0 heterocycles. The van der Waals surface area contributed by atoms with Crippen molar-refractivity contribution in [3.63, 3.8) is 0 Å². The van der Waals surface area contributed by atoms with Crippen LogP contribution in [0.1, 0.15) is 28.4 Å². The molecule has 0 spiro atoms. The fourth-order valence-corrected chi connectivity index (χ4v) is 2.14. The van der Waals surface area contributed by atoms with Gasteiger partial charge in [0.15, 0.2) is 6.10 Å². The number of carbonyl (C=O) groups excluding carboxylic acids is 2. The third-order valence-corrected chi connectivity index (χ3v) is 3.46. The van der Waals surface area contributed by atoms with Gasteiger partial charge < -0.3 is 15.8 Å². The largest absolute Gasteiger partial charge is 0.481 e. The second kappa shape index (κ2) is 6.96. The number of nitrogens with two attached hydrogens (primary N) is 1. The summed E-state index contributed by atoms with van der Waals surface area (Å²) in [6.45, 7) is 5.61. The number of hydrogen-bond acceptors (Lipinski definition) is 3. The first-order valence-corrected chi connectivity index (χ1v) is 7.31. The van der Waals surface area contributed by atoms with Gasteiger partial charge in [0.25, 0.3) is 5.91 Å². The Bertz CT molecular complexity index is 724. The summed E-state index contributed by atoms with van der Waals surface area (Å²) in [4.78, 5) is 23.2. The molecule has 0 radical (unpaired) electrons. The quantitative estimate of drug-likeness (QED) is 0.890. The summed E-state index contributed by atoms with van der Waals surface area (Å²) in [6.07, 6.45) is -0.671. The smallest absolute Gasteiger partial charge is 0.265 e. The van der Waals surface area contributed by atoms with Crippen molar-refractivity contribution in [1.82, 2.24) is 0 Å². The number of hydrogen-bond donors (Lipinski definition) is 2. The number of carbonyl (C=O) groups is 2. The Hall–Kier alpha value is -2.82. The normalized spacial score (nSPS) is 11.6. The molecule has 0 saturated heterocycles. The van der Waals surface area contributed by atoms with E-state index in [2.05, 4.69) is 5.32 Å². The fraction of sp³-hybridized carbons (Fsp3) is 0.222. The van der Waals surface area contributed by atoms with Crippen LogP contribution in [0.2, 0.25) is 0 Å². The summed E-state index contributed by atoms with van der Waals surface area (Å²) in [6, 6.07) is 12.2. The van der Waals surface area contributed by atoms with Crippen LogP contribution in [-0.4, -0.2) is 17.9 Å². The monoisotopic (exact) mass is 312 g/mol. The minimum absolute atomic E-state index is 0.240. The maximum absolute atomic E-state index is 12.2. The van der Waals surface area contributed by atoms with Gasteiger partial charge in [-0.1, -0.05) is 17.7 Å². The average molecular weight is 312 g/mol. The number of amides is 2. The Morgan fingerprint density at radius 2 is 1.74 bits per heavy atom. The lowest BCUT2D eigenvalue weighted by molar-refractivity contribution is -0.122. The third-order valence-electron chi connectivity index (χ3n) is 3.46.